The zero-order chi connectivity index (χ0) is 16.5. The first-order chi connectivity index (χ1) is 11.7. The SMILES string of the molecule is Cl.O=C(O)c1cnc2ccccc2c1Nc1ccc2c(c1)OCCO2. The van der Waals surface area contributed by atoms with E-state index in [1.165, 1.54) is 6.20 Å². The van der Waals surface area contributed by atoms with Crippen LogP contribution in [-0.2, 0) is 0 Å². The Bertz CT molecular complexity index is 946. The lowest BCUT2D eigenvalue weighted by atomic mass is 10.1. The minimum Gasteiger partial charge on any atom is -0.486 e. The average molecular weight is 359 g/mol. The number of nitrogens with zero attached hydrogens (tertiary/aromatic N) is 1. The fourth-order valence-electron chi connectivity index (χ4n) is 2.70. The molecule has 0 saturated carbocycles. The highest BCUT2D eigenvalue weighted by Gasteiger charge is 2.16. The number of carboxylic acids is 1. The van der Waals surface area contributed by atoms with Gasteiger partial charge < -0.3 is 19.9 Å². The highest BCUT2D eigenvalue weighted by molar-refractivity contribution is 6.05. The van der Waals surface area contributed by atoms with E-state index in [2.05, 4.69) is 10.3 Å². The summed E-state index contributed by atoms with van der Waals surface area (Å²) in [4.78, 5) is 15.8. The Hall–Kier alpha value is -2.99. The highest BCUT2D eigenvalue weighted by atomic mass is 35.5. The third kappa shape index (κ3) is 3.16. The van der Waals surface area contributed by atoms with Crippen LogP contribution in [0, 0.1) is 0 Å². The number of ether oxygens (including phenoxy) is 2. The minimum atomic E-state index is -1.03. The summed E-state index contributed by atoms with van der Waals surface area (Å²) >= 11 is 0. The second-order valence-corrected chi connectivity index (χ2v) is 5.35. The van der Waals surface area contributed by atoms with Crippen LogP contribution in [0.5, 0.6) is 11.5 Å². The summed E-state index contributed by atoms with van der Waals surface area (Å²) in [5.74, 6) is 0.291. The molecule has 0 fully saturated rings. The van der Waals surface area contributed by atoms with Gasteiger partial charge in [-0.1, -0.05) is 18.2 Å². The van der Waals surface area contributed by atoms with E-state index in [1.807, 2.05) is 30.3 Å². The van der Waals surface area contributed by atoms with Gasteiger partial charge >= 0.3 is 5.97 Å². The molecular weight excluding hydrogens is 344 g/mol. The fourth-order valence-corrected chi connectivity index (χ4v) is 2.70. The molecule has 0 spiro atoms. The molecule has 0 atom stereocenters. The summed E-state index contributed by atoms with van der Waals surface area (Å²) in [5.41, 5.74) is 2.06. The summed E-state index contributed by atoms with van der Waals surface area (Å²) in [5, 5.41) is 13.4. The van der Waals surface area contributed by atoms with Crippen molar-refractivity contribution in [2.24, 2.45) is 0 Å². The van der Waals surface area contributed by atoms with Crippen LogP contribution in [0.2, 0.25) is 0 Å². The van der Waals surface area contributed by atoms with Crippen molar-refractivity contribution < 1.29 is 19.4 Å². The van der Waals surface area contributed by atoms with E-state index in [-0.39, 0.29) is 18.0 Å². The van der Waals surface area contributed by atoms with Gasteiger partial charge in [-0.2, -0.15) is 0 Å². The zero-order valence-electron chi connectivity index (χ0n) is 13.1. The van der Waals surface area contributed by atoms with Gasteiger partial charge in [0.1, 0.15) is 18.8 Å². The number of para-hydroxylation sites is 1. The van der Waals surface area contributed by atoms with Crippen LogP contribution in [0.15, 0.2) is 48.7 Å². The van der Waals surface area contributed by atoms with Crippen molar-refractivity contribution in [3.05, 3.63) is 54.2 Å². The summed E-state index contributed by atoms with van der Waals surface area (Å²) in [6, 6.07) is 12.8. The van der Waals surface area contributed by atoms with Crippen molar-refractivity contribution in [3.63, 3.8) is 0 Å². The van der Waals surface area contributed by atoms with Crippen LogP contribution in [0.1, 0.15) is 10.4 Å². The second-order valence-electron chi connectivity index (χ2n) is 5.35. The molecule has 0 radical (unpaired) electrons. The quantitative estimate of drug-likeness (QED) is 0.739. The van der Waals surface area contributed by atoms with Crippen molar-refractivity contribution in [1.29, 1.82) is 0 Å². The van der Waals surface area contributed by atoms with Gasteiger partial charge in [-0.25, -0.2) is 4.79 Å². The molecule has 6 nitrogen and oxygen atoms in total. The van der Waals surface area contributed by atoms with Crippen molar-refractivity contribution >= 4 is 40.7 Å². The van der Waals surface area contributed by atoms with Crippen LogP contribution in [0.25, 0.3) is 10.9 Å². The maximum absolute atomic E-state index is 11.6. The Morgan fingerprint density at radius 3 is 2.64 bits per heavy atom. The van der Waals surface area contributed by atoms with E-state index in [0.717, 1.165) is 16.6 Å². The third-order valence-electron chi connectivity index (χ3n) is 3.82. The lowest BCUT2D eigenvalue weighted by Crippen LogP contribution is -2.15. The number of fused-ring (bicyclic) bond motifs is 2. The largest absolute Gasteiger partial charge is 0.486 e. The van der Waals surface area contributed by atoms with Gasteiger partial charge in [0.05, 0.1) is 11.2 Å². The van der Waals surface area contributed by atoms with Gasteiger partial charge in [0.25, 0.3) is 0 Å². The first-order valence-corrected chi connectivity index (χ1v) is 7.50. The van der Waals surface area contributed by atoms with Crippen molar-refractivity contribution in [3.8, 4) is 11.5 Å². The molecule has 3 aromatic rings. The number of nitrogens with one attached hydrogen (secondary N) is 1. The molecule has 7 heteroatoms. The number of hydrogen-bond acceptors (Lipinski definition) is 5. The summed E-state index contributed by atoms with van der Waals surface area (Å²) in [6.45, 7) is 1.02. The number of pyridine rings is 1. The van der Waals surface area contributed by atoms with Crippen LogP contribution < -0.4 is 14.8 Å². The molecule has 1 aromatic heterocycles. The van der Waals surface area contributed by atoms with E-state index in [4.69, 9.17) is 9.47 Å². The van der Waals surface area contributed by atoms with Gasteiger partial charge in [-0.05, 0) is 18.2 Å². The van der Waals surface area contributed by atoms with Crippen LogP contribution >= 0.6 is 12.4 Å². The average Bonchev–Trinajstić information content (AvgIpc) is 2.61. The Labute approximate surface area is 149 Å². The molecule has 1 aliphatic rings. The predicted octanol–water partition coefficient (Wildman–Crippen LogP) is 3.87. The maximum Gasteiger partial charge on any atom is 0.339 e. The molecule has 25 heavy (non-hydrogen) atoms. The molecule has 0 aliphatic carbocycles. The van der Waals surface area contributed by atoms with Crippen LogP contribution in [0.4, 0.5) is 11.4 Å². The maximum atomic E-state index is 11.6. The lowest BCUT2D eigenvalue weighted by molar-refractivity contribution is 0.0697. The molecule has 128 valence electrons. The Morgan fingerprint density at radius 1 is 1.08 bits per heavy atom. The smallest absolute Gasteiger partial charge is 0.339 e. The number of halogens is 1. The number of aromatic nitrogens is 1. The van der Waals surface area contributed by atoms with Crippen molar-refractivity contribution in [2.75, 3.05) is 18.5 Å². The molecule has 2 N–H and O–H groups in total. The first kappa shape index (κ1) is 16.9. The van der Waals surface area contributed by atoms with E-state index in [9.17, 15) is 9.90 Å². The van der Waals surface area contributed by atoms with Gasteiger partial charge in [0.2, 0.25) is 0 Å². The van der Waals surface area contributed by atoms with E-state index >= 15 is 0 Å². The number of carbonyl (C=O) groups is 1. The predicted molar refractivity (Wildman–Crippen MR) is 96.7 cm³/mol. The second kappa shape index (κ2) is 6.86. The number of benzene rings is 2. The van der Waals surface area contributed by atoms with Gasteiger partial charge in [0, 0.05) is 23.3 Å². The van der Waals surface area contributed by atoms with Crippen LogP contribution in [0.3, 0.4) is 0 Å². The molecule has 0 saturated heterocycles. The normalized spacial score (nSPS) is 12.3. The fraction of sp³-hybridized carbons (Fsp3) is 0.111. The van der Waals surface area contributed by atoms with Crippen LogP contribution in [-0.4, -0.2) is 29.3 Å². The number of anilines is 2. The molecule has 0 amide bonds. The van der Waals surface area contributed by atoms with E-state index < -0.39 is 5.97 Å². The highest BCUT2D eigenvalue weighted by Crippen LogP contribution is 2.35. The molecule has 2 aromatic carbocycles. The number of hydrogen-bond donors (Lipinski definition) is 2. The van der Waals surface area contributed by atoms with Gasteiger partial charge in [-0.15, -0.1) is 12.4 Å². The molecular formula is C18H15ClN2O4. The third-order valence-corrected chi connectivity index (χ3v) is 3.82. The van der Waals surface area contributed by atoms with Gasteiger partial charge in [0.15, 0.2) is 11.5 Å². The monoisotopic (exact) mass is 358 g/mol. The number of carboxylic acid groups (broad SMARTS) is 1. The molecule has 0 bridgehead atoms. The molecule has 0 unspecified atom stereocenters. The first-order valence-electron chi connectivity index (χ1n) is 7.50. The van der Waals surface area contributed by atoms with E-state index in [0.29, 0.717) is 30.4 Å². The topological polar surface area (TPSA) is 80.7 Å². The Morgan fingerprint density at radius 2 is 1.84 bits per heavy atom. The summed E-state index contributed by atoms with van der Waals surface area (Å²) in [6.07, 6.45) is 1.37. The molecule has 1 aliphatic heterocycles. The van der Waals surface area contributed by atoms with Gasteiger partial charge in [-0.3, -0.25) is 4.98 Å². The lowest BCUT2D eigenvalue weighted by Gasteiger charge is -2.19. The standard InChI is InChI=1S/C18H14N2O4.ClH/c21-18(22)13-10-19-14-4-2-1-3-12(14)17(13)20-11-5-6-15-16(9-11)24-8-7-23-15;/h1-6,9-10H,7-8H2,(H,19,20)(H,21,22);1H. The van der Waals surface area contributed by atoms with Crippen molar-refractivity contribution in [1.82, 2.24) is 4.98 Å². The Kier molecular flexibility index (Phi) is 4.63. The summed E-state index contributed by atoms with van der Waals surface area (Å²) in [7, 11) is 0. The molecule has 4 rings (SSSR count). The number of aromatic carboxylic acids is 1. The minimum absolute atomic E-state index is 0. The van der Waals surface area contributed by atoms with Crippen molar-refractivity contribution in [2.45, 2.75) is 0 Å². The van der Waals surface area contributed by atoms with E-state index in [1.54, 1.807) is 12.1 Å². The Balaban J connectivity index is 0.00000182. The zero-order valence-corrected chi connectivity index (χ0v) is 13.9. The molecule has 2 heterocycles. The number of rotatable bonds is 3. The summed E-state index contributed by atoms with van der Waals surface area (Å²) < 4.78 is 11.1.